The molecule has 6 heteroatoms. The van der Waals surface area contributed by atoms with Gasteiger partial charge in [0.25, 0.3) is 0 Å². The maximum Gasteiger partial charge on any atom is 0.191 e. The van der Waals surface area contributed by atoms with Gasteiger partial charge >= 0.3 is 0 Å². The van der Waals surface area contributed by atoms with Gasteiger partial charge < -0.3 is 10.6 Å². The topological polar surface area (TPSA) is 52.5 Å². The molecule has 21 heavy (non-hydrogen) atoms. The van der Waals surface area contributed by atoms with E-state index in [1.54, 1.807) is 11.3 Å². The molecule has 0 aliphatic carbocycles. The highest BCUT2D eigenvalue weighted by Gasteiger charge is 2.20. The van der Waals surface area contributed by atoms with E-state index in [0.29, 0.717) is 6.04 Å². The molecule has 1 aromatic heterocycles. The molecular weight excluding hydrogens is 282 g/mol. The molecule has 0 bridgehead atoms. The van der Waals surface area contributed by atoms with Crippen molar-refractivity contribution < 1.29 is 0 Å². The van der Waals surface area contributed by atoms with Gasteiger partial charge in [0.2, 0.25) is 0 Å². The minimum absolute atomic E-state index is 0.629. The summed E-state index contributed by atoms with van der Waals surface area (Å²) in [6.07, 6.45) is 5.87. The van der Waals surface area contributed by atoms with E-state index in [4.69, 9.17) is 0 Å². The molecule has 2 N–H and O–H groups in total. The van der Waals surface area contributed by atoms with Crippen LogP contribution in [-0.2, 0) is 6.54 Å². The lowest BCUT2D eigenvalue weighted by Crippen LogP contribution is -2.48. The highest BCUT2D eigenvalue weighted by molar-refractivity contribution is 7.11. The number of nitrogens with zero attached hydrogens (tertiary/aromatic N) is 3. The molecular formula is C15H27N5S. The molecule has 1 aromatic rings. The van der Waals surface area contributed by atoms with E-state index in [-0.39, 0.29) is 0 Å². The average Bonchev–Trinajstić information content (AvgIpc) is 2.93. The Labute approximate surface area is 131 Å². The van der Waals surface area contributed by atoms with Gasteiger partial charge in [-0.2, -0.15) is 0 Å². The van der Waals surface area contributed by atoms with E-state index in [1.165, 1.54) is 30.7 Å². The zero-order valence-electron chi connectivity index (χ0n) is 13.4. The lowest BCUT2D eigenvalue weighted by atomic mass is 10.0. The maximum atomic E-state index is 4.36. The standard InChI is InChI=1S/C15H27N5S/c1-4-20-8-6-5-7-13(20)10-18-15(16-3)19-11-14-17-9-12(2)21-14/h9,13H,4-8,10-11H2,1-3H3,(H2,16,18,19). The van der Waals surface area contributed by atoms with Crippen LogP contribution in [-0.4, -0.2) is 48.6 Å². The smallest absolute Gasteiger partial charge is 0.191 e. The molecule has 1 saturated heterocycles. The molecule has 2 rings (SSSR count). The number of likely N-dealkylation sites (tertiary alicyclic amines) is 1. The van der Waals surface area contributed by atoms with Gasteiger partial charge in [-0.1, -0.05) is 13.3 Å². The van der Waals surface area contributed by atoms with Crippen LogP contribution in [0.15, 0.2) is 11.2 Å². The average molecular weight is 309 g/mol. The summed E-state index contributed by atoms with van der Waals surface area (Å²) in [6.45, 7) is 8.39. The Balaban J connectivity index is 1.77. The van der Waals surface area contributed by atoms with E-state index in [0.717, 1.165) is 30.6 Å². The first-order chi connectivity index (χ1) is 10.2. The summed E-state index contributed by atoms with van der Waals surface area (Å²) < 4.78 is 0. The Morgan fingerprint density at radius 1 is 1.48 bits per heavy atom. The fourth-order valence-electron chi connectivity index (χ4n) is 2.79. The summed E-state index contributed by atoms with van der Waals surface area (Å²) in [5, 5.41) is 7.89. The number of aromatic nitrogens is 1. The molecule has 1 unspecified atom stereocenters. The molecule has 1 aliphatic heterocycles. The fraction of sp³-hybridized carbons (Fsp3) is 0.733. The summed E-state index contributed by atoms with van der Waals surface area (Å²) >= 11 is 1.73. The normalized spacial score (nSPS) is 20.5. The molecule has 2 heterocycles. The largest absolute Gasteiger partial charge is 0.355 e. The van der Waals surface area contributed by atoms with Gasteiger partial charge in [0.15, 0.2) is 5.96 Å². The zero-order valence-corrected chi connectivity index (χ0v) is 14.2. The van der Waals surface area contributed by atoms with Crippen molar-refractivity contribution >= 4 is 17.3 Å². The summed E-state index contributed by atoms with van der Waals surface area (Å²) in [6, 6.07) is 0.629. The Morgan fingerprint density at radius 2 is 2.33 bits per heavy atom. The van der Waals surface area contributed by atoms with Crippen molar-refractivity contribution in [2.24, 2.45) is 4.99 Å². The van der Waals surface area contributed by atoms with Crippen LogP contribution in [0.3, 0.4) is 0 Å². The fourth-order valence-corrected chi connectivity index (χ4v) is 3.51. The van der Waals surface area contributed by atoms with Crippen LogP contribution in [0.4, 0.5) is 0 Å². The van der Waals surface area contributed by atoms with Crippen molar-refractivity contribution in [3.63, 3.8) is 0 Å². The van der Waals surface area contributed by atoms with E-state index in [1.807, 2.05) is 13.2 Å². The third-order valence-electron chi connectivity index (χ3n) is 3.96. The van der Waals surface area contributed by atoms with Crippen LogP contribution < -0.4 is 10.6 Å². The number of aliphatic imine (C=N–C) groups is 1. The van der Waals surface area contributed by atoms with Crippen molar-refractivity contribution in [2.75, 3.05) is 26.7 Å². The first-order valence-electron chi connectivity index (χ1n) is 7.82. The predicted molar refractivity (Wildman–Crippen MR) is 89.9 cm³/mol. The Kier molecular flexibility index (Phi) is 6.45. The second-order valence-corrected chi connectivity index (χ2v) is 6.77. The molecule has 1 aliphatic rings. The first kappa shape index (κ1) is 16.2. The minimum atomic E-state index is 0.629. The highest BCUT2D eigenvalue weighted by Crippen LogP contribution is 2.15. The van der Waals surface area contributed by atoms with Gasteiger partial charge in [0.1, 0.15) is 5.01 Å². The highest BCUT2D eigenvalue weighted by atomic mass is 32.1. The van der Waals surface area contributed by atoms with Gasteiger partial charge in [-0.05, 0) is 32.9 Å². The van der Waals surface area contributed by atoms with Gasteiger partial charge in [-0.3, -0.25) is 9.89 Å². The molecule has 1 fully saturated rings. The van der Waals surface area contributed by atoms with Crippen LogP contribution in [0.25, 0.3) is 0 Å². The van der Waals surface area contributed by atoms with Crippen molar-refractivity contribution in [2.45, 2.75) is 45.7 Å². The SMILES string of the molecule is CCN1CCCCC1CNC(=NC)NCc1ncc(C)s1. The van der Waals surface area contributed by atoms with Crippen molar-refractivity contribution in [3.05, 3.63) is 16.1 Å². The van der Waals surface area contributed by atoms with Crippen molar-refractivity contribution in [1.82, 2.24) is 20.5 Å². The third kappa shape index (κ3) is 4.97. The summed E-state index contributed by atoms with van der Waals surface area (Å²) in [4.78, 5) is 12.5. The quantitative estimate of drug-likeness (QED) is 0.645. The van der Waals surface area contributed by atoms with E-state index in [2.05, 4.69) is 39.4 Å². The second-order valence-electron chi connectivity index (χ2n) is 5.45. The molecule has 0 amide bonds. The molecule has 0 spiro atoms. The van der Waals surface area contributed by atoms with Gasteiger partial charge in [-0.25, -0.2) is 4.98 Å². The monoisotopic (exact) mass is 309 g/mol. The van der Waals surface area contributed by atoms with Crippen LogP contribution in [0, 0.1) is 6.92 Å². The Morgan fingerprint density at radius 3 is 3.00 bits per heavy atom. The predicted octanol–water partition coefficient (Wildman–Crippen LogP) is 1.99. The second kappa shape index (κ2) is 8.34. The van der Waals surface area contributed by atoms with Crippen LogP contribution in [0.2, 0.25) is 0 Å². The lowest BCUT2D eigenvalue weighted by Gasteiger charge is -2.35. The number of hydrogen-bond donors (Lipinski definition) is 2. The summed E-state index contributed by atoms with van der Waals surface area (Å²) in [5.41, 5.74) is 0. The van der Waals surface area contributed by atoms with Crippen LogP contribution >= 0.6 is 11.3 Å². The Bertz CT molecular complexity index is 457. The zero-order chi connectivity index (χ0) is 15.1. The number of nitrogens with one attached hydrogen (secondary N) is 2. The number of piperidine rings is 1. The van der Waals surface area contributed by atoms with Crippen molar-refractivity contribution in [3.8, 4) is 0 Å². The number of guanidine groups is 1. The number of thiazole rings is 1. The summed E-state index contributed by atoms with van der Waals surface area (Å²) in [5.74, 6) is 0.865. The van der Waals surface area contributed by atoms with E-state index >= 15 is 0 Å². The molecule has 0 saturated carbocycles. The number of hydrogen-bond acceptors (Lipinski definition) is 4. The molecule has 5 nitrogen and oxygen atoms in total. The van der Waals surface area contributed by atoms with Crippen LogP contribution in [0.1, 0.15) is 36.1 Å². The number of rotatable bonds is 5. The lowest BCUT2D eigenvalue weighted by molar-refractivity contribution is 0.157. The van der Waals surface area contributed by atoms with Crippen LogP contribution in [0.5, 0.6) is 0 Å². The number of aryl methyl sites for hydroxylation is 1. The van der Waals surface area contributed by atoms with Gasteiger partial charge in [0, 0.05) is 30.7 Å². The number of likely N-dealkylation sites (N-methyl/N-ethyl adjacent to an activating group) is 1. The van der Waals surface area contributed by atoms with Gasteiger partial charge in [0.05, 0.1) is 6.54 Å². The first-order valence-corrected chi connectivity index (χ1v) is 8.64. The van der Waals surface area contributed by atoms with E-state index < -0.39 is 0 Å². The van der Waals surface area contributed by atoms with E-state index in [9.17, 15) is 0 Å². The van der Waals surface area contributed by atoms with Crippen molar-refractivity contribution in [1.29, 1.82) is 0 Å². The maximum absolute atomic E-state index is 4.36. The molecule has 0 aromatic carbocycles. The minimum Gasteiger partial charge on any atom is -0.355 e. The van der Waals surface area contributed by atoms with Gasteiger partial charge in [-0.15, -0.1) is 11.3 Å². The Hall–Kier alpha value is -1.14. The summed E-state index contributed by atoms with van der Waals surface area (Å²) in [7, 11) is 1.82. The molecule has 0 radical (unpaired) electrons. The molecule has 118 valence electrons. The third-order valence-corrected chi connectivity index (χ3v) is 4.87. The molecule has 1 atom stereocenters.